The van der Waals surface area contributed by atoms with Gasteiger partial charge in [0.15, 0.2) is 0 Å². The molecule has 18 heavy (non-hydrogen) atoms. The van der Waals surface area contributed by atoms with Crippen LogP contribution in [0.15, 0.2) is 48.9 Å². The molecule has 3 heteroatoms. The summed E-state index contributed by atoms with van der Waals surface area (Å²) < 4.78 is 0. The predicted octanol–water partition coefficient (Wildman–Crippen LogP) is 2.24. The van der Waals surface area contributed by atoms with E-state index in [2.05, 4.69) is 27.4 Å². The first-order valence-corrected chi connectivity index (χ1v) is 6.34. The van der Waals surface area contributed by atoms with Crippen molar-refractivity contribution in [2.75, 3.05) is 7.05 Å². The lowest BCUT2D eigenvalue weighted by molar-refractivity contribution is 0.517. The monoisotopic (exact) mass is 241 g/mol. The van der Waals surface area contributed by atoms with Crippen molar-refractivity contribution < 1.29 is 0 Å². The van der Waals surface area contributed by atoms with Crippen LogP contribution in [0.3, 0.4) is 0 Å². The summed E-state index contributed by atoms with van der Waals surface area (Å²) in [5.41, 5.74) is 2.43. The van der Waals surface area contributed by atoms with Gasteiger partial charge in [0, 0.05) is 30.3 Å². The number of pyridine rings is 2. The van der Waals surface area contributed by atoms with E-state index in [1.165, 1.54) is 5.56 Å². The van der Waals surface area contributed by atoms with Gasteiger partial charge in [-0.3, -0.25) is 9.97 Å². The SMILES string of the molecule is CNC(CCc1ccccn1)Cc1cccnc1. The Bertz CT molecular complexity index is 442. The molecule has 2 rings (SSSR count). The Morgan fingerprint density at radius 1 is 1.17 bits per heavy atom. The van der Waals surface area contributed by atoms with Gasteiger partial charge in [-0.05, 0) is 50.1 Å². The molecular formula is C15H19N3. The summed E-state index contributed by atoms with van der Waals surface area (Å²) in [5, 5.41) is 3.37. The topological polar surface area (TPSA) is 37.8 Å². The van der Waals surface area contributed by atoms with Crippen LogP contribution in [0.2, 0.25) is 0 Å². The molecule has 0 aliphatic rings. The largest absolute Gasteiger partial charge is 0.317 e. The first-order chi connectivity index (χ1) is 8.88. The fourth-order valence-corrected chi connectivity index (χ4v) is 2.02. The Labute approximate surface area is 108 Å². The summed E-state index contributed by atoms with van der Waals surface area (Å²) in [6.07, 6.45) is 8.70. The molecule has 0 saturated heterocycles. The van der Waals surface area contributed by atoms with Gasteiger partial charge in [-0.1, -0.05) is 12.1 Å². The highest BCUT2D eigenvalue weighted by molar-refractivity contribution is 5.10. The maximum Gasteiger partial charge on any atom is 0.0404 e. The zero-order valence-corrected chi connectivity index (χ0v) is 10.7. The van der Waals surface area contributed by atoms with E-state index in [1.807, 2.05) is 43.8 Å². The molecule has 0 aliphatic heterocycles. The molecule has 2 aromatic heterocycles. The highest BCUT2D eigenvalue weighted by Crippen LogP contribution is 2.07. The molecule has 1 atom stereocenters. The van der Waals surface area contributed by atoms with Crippen LogP contribution < -0.4 is 5.32 Å². The molecule has 0 amide bonds. The van der Waals surface area contributed by atoms with E-state index in [-0.39, 0.29) is 0 Å². The summed E-state index contributed by atoms with van der Waals surface area (Å²) in [5.74, 6) is 0. The van der Waals surface area contributed by atoms with Crippen molar-refractivity contribution in [3.8, 4) is 0 Å². The molecule has 0 bridgehead atoms. The molecule has 0 saturated carbocycles. The van der Waals surface area contributed by atoms with Crippen molar-refractivity contribution in [3.05, 3.63) is 60.2 Å². The van der Waals surface area contributed by atoms with Gasteiger partial charge in [0.05, 0.1) is 0 Å². The number of aromatic nitrogens is 2. The Kier molecular flexibility index (Phi) is 4.85. The molecule has 0 aliphatic carbocycles. The second-order valence-electron chi connectivity index (χ2n) is 4.41. The minimum atomic E-state index is 0.469. The molecule has 1 unspecified atom stereocenters. The minimum absolute atomic E-state index is 0.469. The number of nitrogens with one attached hydrogen (secondary N) is 1. The van der Waals surface area contributed by atoms with Crippen molar-refractivity contribution in [3.63, 3.8) is 0 Å². The average molecular weight is 241 g/mol. The van der Waals surface area contributed by atoms with Crippen LogP contribution >= 0.6 is 0 Å². The number of aryl methyl sites for hydroxylation is 1. The van der Waals surface area contributed by atoms with Gasteiger partial charge in [0.1, 0.15) is 0 Å². The number of rotatable bonds is 6. The molecule has 0 radical (unpaired) electrons. The van der Waals surface area contributed by atoms with Crippen molar-refractivity contribution in [1.29, 1.82) is 0 Å². The summed E-state index contributed by atoms with van der Waals surface area (Å²) in [6.45, 7) is 0. The first kappa shape index (κ1) is 12.7. The Morgan fingerprint density at radius 3 is 2.78 bits per heavy atom. The molecule has 2 heterocycles. The van der Waals surface area contributed by atoms with Gasteiger partial charge in [-0.15, -0.1) is 0 Å². The second-order valence-corrected chi connectivity index (χ2v) is 4.41. The summed E-state index contributed by atoms with van der Waals surface area (Å²) >= 11 is 0. The lowest BCUT2D eigenvalue weighted by atomic mass is 10.0. The van der Waals surface area contributed by atoms with Gasteiger partial charge in [-0.2, -0.15) is 0 Å². The highest BCUT2D eigenvalue weighted by Gasteiger charge is 2.07. The molecule has 0 spiro atoms. The number of nitrogens with zero attached hydrogens (tertiary/aromatic N) is 2. The van der Waals surface area contributed by atoms with Gasteiger partial charge in [0.2, 0.25) is 0 Å². The maximum absolute atomic E-state index is 4.35. The van der Waals surface area contributed by atoms with Crippen molar-refractivity contribution in [1.82, 2.24) is 15.3 Å². The third kappa shape index (κ3) is 3.93. The van der Waals surface area contributed by atoms with E-state index in [0.29, 0.717) is 6.04 Å². The lowest BCUT2D eigenvalue weighted by Crippen LogP contribution is -2.28. The van der Waals surface area contributed by atoms with Crippen LogP contribution in [0.25, 0.3) is 0 Å². The third-order valence-corrected chi connectivity index (χ3v) is 3.09. The Hall–Kier alpha value is -1.74. The van der Waals surface area contributed by atoms with Crippen LogP contribution in [0.1, 0.15) is 17.7 Å². The normalized spacial score (nSPS) is 12.3. The average Bonchev–Trinajstić information content (AvgIpc) is 2.45. The zero-order valence-electron chi connectivity index (χ0n) is 10.7. The van der Waals surface area contributed by atoms with Gasteiger partial charge in [-0.25, -0.2) is 0 Å². The van der Waals surface area contributed by atoms with E-state index in [1.54, 1.807) is 0 Å². The van der Waals surface area contributed by atoms with Crippen LogP contribution in [-0.4, -0.2) is 23.1 Å². The lowest BCUT2D eigenvalue weighted by Gasteiger charge is -2.15. The van der Waals surface area contributed by atoms with E-state index < -0.39 is 0 Å². The molecular weight excluding hydrogens is 222 g/mol. The molecule has 0 fully saturated rings. The summed E-state index contributed by atoms with van der Waals surface area (Å²) in [4.78, 5) is 8.50. The van der Waals surface area contributed by atoms with Crippen molar-refractivity contribution in [2.45, 2.75) is 25.3 Å². The number of likely N-dealkylation sites (N-methyl/N-ethyl adjacent to an activating group) is 1. The van der Waals surface area contributed by atoms with E-state index in [4.69, 9.17) is 0 Å². The van der Waals surface area contributed by atoms with Crippen molar-refractivity contribution >= 4 is 0 Å². The molecule has 94 valence electrons. The van der Waals surface area contributed by atoms with Crippen LogP contribution in [0.4, 0.5) is 0 Å². The fraction of sp³-hybridized carbons (Fsp3) is 0.333. The highest BCUT2D eigenvalue weighted by atomic mass is 14.9. The Morgan fingerprint density at radius 2 is 2.11 bits per heavy atom. The molecule has 3 nitrogen and oxygen atoms in total. The molecule has 0 aromatic carbocycles. The van der Waals surface area contributed by atoms with Crippen molar-refractivity contribution in [2.24, 2.45) is 0 Å². The van der Waals surface area contributed by atoms with E-state index >= 15 is 0 Å². The van der Waals surface area contributed by atoms with Gasteiger partial charge in [0.25, 0.3) is 0 Å². The van der Waals surface area contributed by atoms with Crippen LogP contribution in [0, 0.1) is 0 Å². The molecule has 1 N–H and O–H groups in total. The summed E-state index contributed by atoms with van der Waals surface area (Å²) in [7, 11) is 2.01. The second kappa shape index (κ2) is 6.87. The Balaban J connectivity index is 1.86. The smallest absolute Gasteiger partial charge is 0.0404 e. The van der Waals surface area contributed by atoms with Crippen LogP contribution in [-0.2, 0) is 12.8 Å². The van der Waals surface area contributed by atoms with Gasteiger partial charge >= 0.3 is 0 Å². The summed E-state index contributed by atoms with van der Waals surface area (Å²) in [6, 6.07) is 10.7. The quantitative estimate of drug-likeness (QED) is 0.843. The third-order valence-electron chi connectivity index (χ3n) is 3.09. The predicted molar refractivity (Wildman–Crippen MR) is 73.3 cm³/mol. The van der Waals surface area contributed by atoms with Crippen LogP contribution in [0.5, 0.6) is 0 Å². The fourth-order valence-electron chi connectivity index (χ4n) is 2.02. The number of hydrogen-bond donors (Lipinski definition) is 1. The number of hydrogen-bond acceptors (Lipinski definition) is 3. The minimum Gasteiger partial charge on any atom is -0.317 e. The van der Waals surface area contributed by atoms with Gasteiger partial charge < -0.3 is 5.32 Å². The van der Waals surface area contributed by atoms with E-state index in [9.17, 15) is 0 Å². The standard InChI is InChI=1S/C15H19N3/c1-16-15(11-13-5-4-9-17-12-13)8-7-14-6-2-3-10-18-14/h2-6,9-10,12,15-16H,7-8,11H2,1H3. The van der Waals surface area contributed by atoms with E-state index in [0.717, 1.165) is 25.0 Å². The maximum atomic E-state index is 4.35. The molecule has 2 aromatic rings. The first-order valence-electron chi connectivity index (χ1n) is 6.34. The zero-order chi connectivity index (χ0) is 12.6.